The van der Waals surface area contributed by atoms with Gasteiger partial charge in [-0.1, -0.05) is 15.9 Å². The van der Waals surface area contributed by atoms with Gasteiger partial charge >= 0.3 is 0 Å². The Morgan fingerprint density at radius 2 is 2.00 bits per heavy atom. The van der Waals surface area contributed by atoms with E-state index in [1.54, 1.807) is 0 Å². The Morgan fingerprint density at radius 3 is 2.84 bits per heavy atom. The summed E-state index contributed by atoms with van der Waals surface area (Å²) >= 11 is 14.4. The molecule has 19 heavy (non-hydrogen) atoms. The predicted octanol–water partition coefficient (Wildman–Crippen LogP) is 5.61. The molecule has 1 aromatic carbocycles. The fraction of sp³-hybridized carbons (Fsp3) is 0. The third-order valence-corrected chi connectivity index (χ3v) is 4.64. The lowest BCUT2D eigenvalue weighted by Crippen LogP contribution is -1.96. The second-order valence-corrected chi connectivity index (χ2v) is 6.73. The maximum atomic E-state index is 5.94. The molecule has 0 fully saturated rings. The molecule has 0 bridgehead atoms. The molecule has 0 aliphatic rings. The van der Waals surface area contributed by atoms with E-state index in [1.807, 2.05) is 29.6 Å². The molecule has 0 spiro atoms. The standard InChI is InChI=1S/C12H6Br2ClN3S/c13-6-1-2-8(14)9(5-6)16-10-7-3-4-19-11(7)18-12(15)17-10/h1-5H,(H,16,17,18). The summed E-state index contributed by atoms with van der Waals surface area (Å²) in [6.07, 6.45) is 0. The molecule has 3 rings (SSSR count). The molecule has 0 amide bonds. The maximum absolute atomic E-state index is 5.94. The molecule has 96 valence electrons. The minimum atomic E-state index is 0.239. The number of aromatic nitrogens is 2. The van der Waals surface area contributed by atoms with E-state index < -0.39 is 0 Å². The van der Waals surface area contributed by atoms with E-state index in [-0.39, 0.29) is 5.28 Å². The lowest BCUT2D eigenvalue weighted by molar-refractivity contribution is 1.23. The van der Waals surface area contributed by atoms with Crippen LogP contribution in [-0.2, 0) is 0 Å². The van der Waals surface area contributed by atoms with Crippen LogP contribution in [0.4, 0.5) is 11.5 Å². The van der Waals surface area contributed by atoms with Crippen molar-refractivity contribution in [3.63, 3.8) is 0 Å². The van der Waals surface area contributed by atoms with Crippen molar-refractivity contribution in [3.05, 3.63) is 43.9 Å². The lowest BCUT2D eigenvalue weighted by atomic mass is 10.3. The topological polar surface area (TPSA) is 37.8 Å². The molecule has 0 saturated heterocycles. The van der Waals surface area contributed by atoms with Crippen LogP contribution in [0, 0.1) is 0 Å². The Hall–Kier alpha value is -0.690. The summed E-state index contributed by atoms with van der Waals surface area (Å²) in [5.41, 5.74) is 0.914. The molecular formula is C12H6Br2ClN3S. The zero-order valence-electron chi connectivity index (χ0n) is 9.32. The summed E-state index contributed by atoms with van der Waals surface area (Å²) in [5.74, 6) is 0.704. The minimum absolute atomic E-state index is 0.239. The Morgan fingerprint density at radius 1 is 1.16 bits per heavy atom. The number of rotatable bonds is 2. The van der Waals surface area contributed by atoms with E-state index in [4.69, 9.17) is 11.6 Å². The number of anilines is 2. The summed E-state index contributed by atoms with van der Waals surface area (Å²) in [5, 5.41) is 6.45. The number of nitrogens with one attached hydrogen (secondary N) is 1. The van der Waals surface area contributed by atoms with Gasteiger partial charge < -0.3 is 5.32 Å². The summed E-state index contributed by atoms with van der Waals surface area (Å²) in [6.45, 7) is 0. The van der Waals surface area contributed by atoms with Crippen LogP contribution in [0.25, 0.3) is 10.2 Å². The molecule has 0 atom stereocenters. The lowest BCUT2D eigenvalue weighted by Gasteiger charge is -2.09. The third-order valence-electron chi connectivity index (χ3n) is 2.48. The SMILES string of the molecule is Clc1nc(Nc2cc(Br)ccc2Br)c2ccsc2n1. The van der Waals surface area contributed by atoms with Gasteiger partial charge in [-0.15, -0.1) is 11.3 Å². The fourth-order valence-electron chi connectivity index (χ4n) is 1.65. The van der Waals surface area contributed by atoms with Crippen LogP contribution in [-0.4, -0.2) is 9.97 Å². The first kappa shape index (κ1) is 13.3. The normalized spacial score (nSPS) is 10.9. The maximum Gasteiger partial charge on any atom is 0.225 e. The Kier molecular flexibility index (Phi) is 3.75. The molecule has 0 unspecified atom stereocenters. The van der Waals surface area contributed by atoms with Crippen molar-refractivity contribution in [1.82, 2.24) is 9.97 Å². The summed E-state index contributed by atoms with van der Waals surface area (Å²) in [4.78, 5) is 9.31. The van der Waals surface area contributed by atoms with Gasteiger partial charge in [0.05, 0.1) is 11.1 Å². The summed E-state index contributed by atoms with van der Waals surface area (Å²) in [6, 6.07) is 7.87. The molecule has 0 saturated carbocycles. The second kappa shape index (κ2) is 5.36. The highest BCUT2D eigenvalue weighted by atomic mass is 79.9. The molecular weight excluding hydrogens is 413 g/mol. The first-order valence-corrected chi connectivity index (χ1v) is 8.10. The Bertz CT molecular complexity index is 760. The number of thiophene rings is 1. The van der Waals surface area contributed by atoms with E-state index in [0.717, 1.165) is 24.8 Å². The van der Waals surface area contributed by atoms with E-state index in [9.17, 15) is 0 Å². The molecule has 2 heterocycles. The quantitative estimate of drug-likeness (QED) is 0.549. The highest BCUT2D eigenvalue weighted by Crippen LogP contribution is 2.32. The average molecular weight is 420 g/mol. The van der Waals surface area contributed by atoms with Crippen LogP contribution in [0.1, 0.15) is 0 Å². The second-order valence-electron chi connectivity index (χ2n) is 3.73. The van der Waals surface area contributed by atoms with Gasteiger partial charge in [-0.25, -0.2) is 4.98 Å². The highest BCUT2D eigenvalue weighted by Gasteiger charge is 2.09. The van der Waals surface area contributed by atoms with Gasteiger partial charge in [0.25, 0.3) is 0 Å². The van der Waals surface area contributed by atoms with Crippen molar-refractivity contribution in [3.8, 4) is 0 Å². The molecule has 1 N–H and O–H groups in total. The van der Waals surface area contributed by atoms with Gasteiger partial charge in [0, 0.05) is 8.95 Å². The van der Waals surface area contributed by atoms with Crippen molar-refractivity contribution in [2.24, 2.45) is 0 Å². The Balaban J connectivity index is 2.10. The minimum Gasteiger partial charge on any atom is -0.339 e. The molecule has 7 heteroatoms. The molecule has 3 aromatic rings. The highest BCUT2D eigenvalue weighted by molar-refractivity contribution is 9.11. The number of nitrogens with zero attached hydrogens (tertiary/aromatic N) is 2. The van der Waals surface area contributed by atoms with E-state index in [0.29, 0.717) is 5.82 Å². The van der Waals surface area contributed by atoms with Crippen molar-refractivity contribution >= 4 is 76.5 Å². The largest absolute Gasteiger partial charge is 0.339 e. The monoisotopic (exact) mass is 417 g/mol. The van der Waals surface area contributed by atoms with E-state index in [1.165, 1.54) is 11.3 Å². The van der Waals surface area contributed by atoms with Crippen molar-refractivity contribution in [2.45, 2.75) is 0 Å². The molecule has 3 nitrogen and oxygen atoms in total. The van der Waals surface area contributed by atoms with Gasteiger partial charge in [-0.2, -0.15) is 4.98 Å². The third kappa shape index (κ3) is 2.76. The van der Waals surface area contributed by atoms with Crippen LogP contribution < -0.4 is 5.32 Å². The van der Waals surface area contributed by atoms with Crippen LogP contribution >= 0.6 is 54.8 Å². The fourth-order valence-corrected chi connectivity index (χ4v) is 3.34. The van der Waals surface area contributed by atoms with Gasteiger partial charge in [-0.05, 0) is 57.2 Å². The van der Waals surface area contributed by atoms with Crippen LogP contribution in [0.3, 0.4) is 0 Å². The van der Waals surface area contributed by atoms with Gasteiger partial charge in [0.2, 0.25) is 5.28 Å². The molecule has 2 aromatic heterocycles. The van der Waals surface area contributed by atoms with Crippen molar-refractivity contribution in [2.75, 3.05) is 5.32 Å². The predicted molar refractivity (Wildman–Crippen MR) is 87.5 cm³/mol. The first-order valence-electron chi connectivity index (χ1n) is 5.26. The smallest absolute Gasteiger partial charge is 0.225 e. The number of benzene rings is 1. The van der Waals surface area contributed by atoms with Crippen LogP contribution in [0.5, 0.6) is 0 Å². The van der Waals surface area contributed by atoms with Gasteiger partial charge in [0.15, 0.2) is 0 Å². The first-order chi connectivity index (χ1) is 9.13. The van der Waals surface area contributed by atoms with Gasteiger partial charge in [0.1, 0.15) is 10.6 Å². The molecule has 0 radical (unpaired) electrons. The zero-order valence-corrected chi connectivity index (χ0v) is 14.1. The van der Waals surface area contributed by atoms with Crippen LogP contribution in [0.2, 0.25) is 5.28 Å². The van der Waals surface area contributed by atoms with Crippen molar-refractivity contribution in [1.29, 1.82) is 0 Å². The number of halogens is 3. The van der Waals surface area contributed by atoms with Crippen molar-refractivity contribution < 1.29 is 0 Å². The van der Waals surface area contributed by atoms with E-state index >= 15 is 0 Å². The Labute approximate surface area is 135 Å². The summed E-state index contributed by atoms with van der Waals surface area (Å²) < 4.78 is 1.94. The number of hydrogen-bond donors (Lipinski definition) is 1. The summed E-state index contributed by atoms with van der Waals surface area (Å²) in [7, 11) is 0. The van der Waals surface area contributed by atoms with Crippen LogP contribution in [0.15, 0.2) is 38.6 Å². The van der Waals surface area contributed by atoms with Gasteiger partial charge in [-0.3, -0.25) is 0 Å². The molecule has 0 aliphatic carbocycles. The number of hydrogen-bond acceptors (Lipinski definition) is 4. The average Bonchev–Trinajstić information content (AvgIpc) is 2.82. The zero-order chi connectivity index (χ0) is 13.4. The van der Waals surface area contributed by atoms with E-state index in [2.05, 4.69) is 47.1 Å². The number of fused-ring (bicyclic) bond motifs is 1. The molecule has 0 aliphatic heterocycles.